The quantitative estimate of drug-likeness (QED) is 0.440. The molecule has 3 heteroatoms. The molecule has 0 aromatic carbocycles. The molecule has 1 aromatic heterocycles. The SMILES string of the molecule is Cc1cccnc1C(=O)C#N. The molecule has 54 valence electrons. The molecule has 0 unspecified atom stereocenters. The minimum absolute atomic E-state index is 0.245. The van der Waals surface area contributed by atoms with Crippen LogP contribution in [0, 0.1) is 18.3 Å². The van der Waals surface area contributed by atoms with E-state index in [-0.39, 0.29) is 5.69 Å². The summed E-state index contributed by atoms with van der Waals surface area (Å²) in [7, 11) is 0. The summed E-state index contributed by atoms with van der Waals surface area (Å²) >= 11 is 0. The number of nitrogens with zero attached hydrogens (tertiary/aromatic N) is 2. The molecule has 1 rings (SSSR count). The Balaban J connectivity index is 3.16. The fourth-order valence-corrected chi connectivity index (χ4v) is 0.776. The first-order valence-electron chi connectivity index (χ1n) is 3.11. The predicted octanol–water partition coefficient (Wildman–Crippen LogP) is 1.10. The molecule has 0 bridgehead atoms. The van der Waals surface area contributed by atoms with E-state index in [1.54, 1.807) is 19.1 Å². The number of Topliss-reactive ketones (excluding diaryl/α,β-unsaturated/α-hetero) is 1. The zero-order chi connectivity index (χ0) is 8.27. The van der Waals surface area contributed by atoms with Crippen LogP contribution in [0.1, 0.15) is 16.1 Å². The maximum atomic E-state index is 10.8. The van der Waals surface area contributed by atoms with Crippen molar-refractivity contribution >= 4 is 5.78 Å². The number of carbonyl (C=O) groups is 1. The molecule has 0 radical (unpaired) electrons. The third-order valence-electron chi connectivity index (χ3n) is 1.33. The molecular formula is C8H6N2O. The smallest absolute Gasteiger partial charge is 0.275 e. The van der Waals surface area contributed by atoms with E-state index in [4.69, 9.17) is 5.26 Å². The molecule has 0 fully saturated rings. The number of rotatable bonds is 1. The van der Waals surface area contributed by atoms with Crippen molar-refractivity contribution in [1.82, 2.24) is 4.98 Å². The zero-order valence-corrected chi connectivity index (χ0v) is 6.03. The Morgan fingerprint density at radius 1 is 1.73 bits per heavy atom. The van der Waals surface area contributed by atoms with E-state index >= 15 is 0 Å². The Kier molecular flexibility index (Phi) is 1.98. The zero-order valence-electron chi connectivity index (χ0n) is 6.03. The molecule has 0 spiro atoms. The second kappa shape index (κ2) is 2.93. The van der Waals surface area contributed by atoms with E-state index in [1.165, 1.54) is 12.3 Å². The normalized spacial score (nSPS) is 8.73. The highest BCUT2D eigenvalue weighted by Gasteiger charge is 2.07. The topological polar surface area (TPSA) is 53.8 Å². The van der Waals surface area contributed by atoms with Gasteiger partial charge in [0.25, 0.3) is 5.78 Å². The van der Waals surface area contributed by atoms with Crippen LogP contribution in [-0.4, -0.2) is 10.8 Å². The molecule has 1 aromatic rings. The summed E-state index contributed by atoms with van der Waals surface area (Å²) in [6.45, 7) is 1.75. The number of aromatic nitrogens is 1. The summed E-state index contributed by atoms with van der Waals surface area (Å²) in [6, 6.07) is 4.99. The highest BCUT2D eigenvalue weighted by molar-refractivity contribution is 6.06. The first-order chi connectivity index (χ1) is 5.25. The van der Waals surface area contributed by atoms with Gasteiger partial charge in [-0.3, -0.25) is 9.78 Å². The first-order valence-corrected chi connectivity index (χ1v) is 3.11. The third kappa shape index (κ3) is 1.41. The van der Waals surface area contributed by atoms with Crippen LogP contribution in [0.3, 0.4) is 0 Å². The van der Waals surface area contributed by atoms with Crippen molar-refractivity contribution in [2.24, 2.45) is 0 Å². The summed E-state index contributed by atoms with van der Waals surface area (Å²) < 4.78 is 0. The standard InChI is InChI=1S/C8H6N2O/c1-6-3-2-4-10-8(6)7(11)5-9/h2-4H,1H3. The number of ketones is 1. The highest BCUT2D eigenvalue weighted by Crippen LogP contribution is 2.02. The van der Waals surface area contributed by atoms with Crippen LogP contribution < -0.4 is 0 Å². The molecule has 0 aliphatic rings. The summed E-state index contributed by atoms with van der Waals surface area (Å²) in [5, 5.41) is 8.27. The van der Waals surface area contributed by atoms with E-state index in [1.807, 2.05) is 0 Å². The number of nitriles is 1. The Labute approximate surface area is 64.3 Å². The largest absolute Gasteiger partial charge is 0.280 e. The molecule has 0 saturated heterocycles. The van der Waals surface area contributed by atoms with Crippen molar-refractivity contribution in [3.63, 3.8) is 0 Å². The van der Waals surface area contributed by atoms with Gasteiger partial charge in [-0.1, -0.05) is 6.07 Å². The average molecular weight is 146 g/mol. The number of aryl methyl sites for hydroxylation is 1. The van der Waals surface area contributed by atoms with E-state index in [2.05, 4.69) is 4.98 Å². The summed E-state index contributed by atoms with van der Waals surface area (Å²) in [6.07, 6.45) is 1.50. The lowest BCUT2D eigenvalue weighted by Gasteiger charge is -1.94. The minimum Gasteiger partial charge on any atom is -0.275 e. The number of pyridine rings is 1. The maximum absolute atomic E-state index is 10.8. The second-order valence-corrected chi connectivity index (χ2v) is 2.11. The van der Waals surface area contributed by atoms with Gasteiger partial charge < -0.3 is 0 Å². The Hall–Kier alpha value is -1.69. The van der Waals surface area contributed by atoms with Crippen LogP contribution in [0.2, 0.25) is 0 Å². The van der Waals surface area contributed by atoms with E-state index < -0.39 is 5.78 Å². The monoisotopic (exact) mass is 146 g/mol. The fourth-order valence-electron chi connectivity index (χ4n) is 0.776. The fraction of sp³-hybridized carbons (Fsp3) is 0.125. The highest BCUT2D eigenvalue weighted by atomic mass is 16.1. The number of hydrogen-bond donors (Lipinski definition) is 0. The van der Waals surface area contributed by atoms with Crippen LogP contribution >= 0.6 is 0 Å². The van der Waals surface area contributed by atoms with Crippen LogP contribution in [-0.2, 0) is 0 Å². The molecule has 11 heavy (non-hydrogen) atoms. The van der Waals surface area contributed by atoms with Crippen molar-refractivity contribution in [3.8, 4) is 6.07 Å². The third-order valence-corrected chi connectivity index (χ3v) is 1.33. The van der Waals surface area contributed by atoms with E-state index in [9.17, 15) is 4.79 Å². The molecule has 0 saturated carbocycles. The lowest BCUT2D eigenvalue weighted by atomic mass is 10.2. The molecule has 0 amide bonds. The molecular weight excluding hydrogens is 140 g/mol. The summed E-state index contributed by atoms with van der Waals surface area (Å²) in [5.41, 5.74) is 0.981. The van der Waals surface area contributed by atoms with E-state index in [0.717, 1.165) is 5.56 Å². The van der Waals surface area contributed by atoms with Crippen LogP contribution in [0.5, 0.6) is 0 Å². The van der Waals surface area contributed by atoms with Gasteiger partial charge in [-0.2, -0.15) is 5.26 Å². The molecule has 3 nitrogen and oxygen atoms in total. The van der Waals surface area contributed by atoms with Crippen LogP contribution in [0.15, 0.2) is 18.3 Å². The second-order valence-electron chi connectivity index (χ2n) is 2.11. The van der Waals surface area contributed by atoms with Gasteiger partial charge >= 0.3 is 0 Å². The molecule has 0 atom stereocenters. The van der Waals surface area contributed by atoms with Gasteiger partial charge in [0.15, 0.2) is 0 Å². The number of carbonyl (C=O) groups excluding carboxylic acids is 1. The van der Waals surface area contributed by atoms with Gasteiger partial charge in [-0.25, -0.2) is 0 Å². The van der Waals surface area contributed by atoms with Crippen molar-refractivity contribution in [2.45, 2.75) is 6.92 Å². The molecule has 0 aliphatic heterocycles. The summed E-state index contributed by atoms with van der Waals surface area (Å²) in [4.78, 5) is 14.6. The molecule has 1 heterocycles. The van der Waals surface area contributed by atoms with Crippen molar-refractivity contribution in [2.75, 3.05) is 0 Å². The van der Waals surface area contributed by atoms with Gasteiger partial charge in [0, 0.05) is 6.20 Å². The average Bonchev–Trinajstić information content (AvgIpc) is 2.04. The van der Waals surface area contributed by atoms with Crippen LogP contribution in [0.25, 0.3) is 0 Å². The number of hydrogen-bond acceptors (Lipinski definition) is 3. The Morgan fingerprint density at radius 2 is 2.45 bits per heavy atom. The minimum atomic E-state index is -0.580. The van der Waals surface area contributed by atoms with Gasteiger partial charge in [0.1, 0.15) is 11.8 Å². The van der Waals surface area contributed by atoms with Gasteiger partial charge in [-0.05, 0) is 18.6 Å². The van der Waals surface area contributed by atoms with Crippen molar-refractivity contribution in [3.05, 3.63) is 29.6 Å². The maximum Gasteiger partial charge on any atom is 0.280 e. The van der Waals surface area contributed by atoms with Gasteiger partial charge in [0.2, 0.25) is 0 Å². The Morgan fingerprint density at radius 3 is 3.00 bits per heavy atom. The Bertz CT molecular complexity index is 325. The first kappa shape index (κ1) is 7.42. The molecule has 0 N–H and O–H groups in total. The lowest BCUT2D eigenvalue weighted by molar-refractivity contribution is 0.104. The van der Waals surface area contributed by atoms with Crippen molar-refractivity contribution in [1.29, 1.82) is 5.26 Å². The van der Waals surface area contributed by atoms with Gasteiger partial charge in [0.05, 0.1) is 0 Å². The lowest BCUT2D eigenvalue weighted by Crippen LogP contribution is -2.00. The van der Waals surface area contributed by atoms with Gasteiger partial charge in [-0.15, -0.1) is 0 Å². The van der Waals surface area contributed by atoms with Crippen LogP contribution in [0.4, 0.5) is 0 Å². The van der Waals surface area contributed by atoms with E-state index in [0.29, 0.717) is 0 Å². The molecule has 0 aliphatic carbocycles. The predicted molar refractivity (Wildman–Crippen MR) is 38.9 cm³/mol. The van der Waals surface area contributed by atoms with Crippen molar-refractivity contribution < 1.29 is 4.79 Å². The summed E-state index contributed by atoms with van der Waals surface area (Å²) in [5.74, 6) is -0.580.